The number of nitrogens with two attached hydrogens (primary N) is 1. The first-order valence-corrected chi connectivity index (χ1v) is 5.65. The van der Waals surface area contributed by atoms with E-state index in [9.17, 15) is 4.39 Å². The van der Waals surface area contributed by atoms with Gasteiger partial charge in [0.25, 0.3) is 0 Å². The molecule has 2 aromatic rings. The molecule has 0 atom stereocenters. The molecule has 0 aliphatic carbocycles. The first-order valence-electron chi connectivity index (χ1n) is 3.97. The predicted octanol–water partition coefficient (Wildman–Crippen LogP) is 3.90. The van der Waals surface area contributed by atoms with Crippen LogP contribution in [0.1, 0.15) is 0 Å². The van der Waals surface area contributed by atoms with Crippen molar-refractivity contribution in [2.75, 3.05) is 5.73 Å². The van der Waals surface area contributed by atoms with Crippen LogP contribution in [0.4, 0.5) is 10.1 Å². The second kappa shape index (κ2) is 3.71. The second-order valence-corrected chi connectivity index (χ2v) is 4.57. The molecule has 4 heteroatoms. The van der Waals surface area contributed by atoms with Gasteiger partial charge in [0.1, 0.15) is 5.82 Å². The van der Waals surface area contributed by atoms with Crippen LogP contribution in [-0.4, -0.2) is 0 Å². The lowest BCUT2D eigenvalue weighted by molar-refractivity contribution is 0.633. The molecule has 0 saturated carbocycles. The number of nitrogen functional groups attached to an aromatic ring is 1. The fourth-order valence-electron chi connectivity index (χ4n) is 1.22. The molecule has 1 heterocycles. The zero-order chi connectivity index (χ0) is 10.1. The van der Waals surface area contributed by atoms with Crippen LogP contribution in [0.3, 0.4) is 0 Å². The Morgan fingerprint density at radius 2 is 2.07 bits per heavy atom. The van der Waals surface area contributed by atoms with Crippen molar-refractivity contribution in [1.82, 2.24) is 0 Å². The highest BCUT2D eigenvalue weighted by molar-refractivity contribution is 9.10. The SMILES string of the molecule is Nc1c(F)cccc1-c1sccc1Br. The van der Waals surface area contributed by atoms with Crippen molar-refractivity contribution >= 4 is 33.0 Å². The summed E-state index contributed by atoms with van der Waals surface area (Å²) in [5, 5.41) is 1.93. The van der Waals surface area contributed by atoms with E-state index in [1.165, 1.54) is 17.4 Å². The van der Waals surface area contributed by atoms with Crippen LogP contribution in [0.2, 0.25) is 0 Å². The quantitative estimate of drug-likeness (QED) is 0.783. The molecular weight excluding hydrogens is 265 g/mol. The minimum Gasteiger partial charge on any atom is -0.396 e. The Bertz CT molecular complexity index is 467. The number of hydrogen-bond donors (Lipinski definition) is 1. The van der Waals surface area contributed by atoms with Crippen LogP contribution in [0.25, 0.3) is 10.4 Å². The molecule has 2 rings (SSSR count). The Morgan fingerprint density at radius 1 is 1.29 bits per heavy atom. The Morgan fingerprint density at radius 3 is 2.71 bits per heavy atom. The predicted molar refractivity (Wildman–Crippen MR) is 61.8 cm³/mol. The second-order valence-electron chi connectivity index (χ2n) is 2.80. The van der Waals surface area contributed by atoms with Gasteiger partial charge in [-0.3, -0.25) is 0 Å². The molecule has 0 fully saturated rings. The lowest BCUT2D eigenvalue weighted by Crippen LogP contribution is -1.92. The Hall–Kier alpha value is -0.870. The molecule has 0 radical (unpaired) electrons. The van der Waals surface area contributed by atoms with Gasteiger partial charge in [0, 0.05) is 10.0 Å². The number of thiophene rings is 1. The summed E-state index contributed by atoms with van der Waals surface area (Å²) < 4.78 is 14.1. The van der Waals surface area contributed by atoms with Crippen LogP contribution in [0.15, 0.2) is 34.1 Å². The van der Waals surface area contributed by atoms with E-state index >= 15 is 0 Å². The maximum atomic E-state index is 13.2. The monoisotopic (exact) mass is 271 g/mol. The van der Waals surface area contributed by atoms with Gasteiger partial charge in [-0.25, -0.2) is 4.39 Å². The number of anilines is 1. The lowest BCUT2D eigenvalue weighted by Gasteiger charge is -2.04. The number of para-hydroxylation sites is 1. The lowest BCUT2D eigenvalue weighted by atomic mass is 10.1. The highest BCUT2D eigenvalue weighted by atomic mass is 79.9. The fraction of sp³-hybridized carbons (Fsp3) is 0. The first-order chi connectivity index (χ1) is 6.70. The topological polar surface area (TPSA) is 26.0 Å². The van der Waals surface area contributed by atoms with Crippen molar-refractivity contribution in [3.8, 4) is 10.4 Å². The number of rotatable bonds is 1. The molecule has 14 heavy (non-hydrogen) atoms. The van der Waals surface area contributed by atoms with E-state index in [0.29, 0.717) is 0 Å². The standard InChI is InChI=1S/C10H7BrFNS/c11-7-4-5-14-10(7)6-2-1-3-8(12)9(6)13/h1-5H,13H2. The van der Waals surface area contributed by atoms with Crippen molar-refractivity contribution in [2.45, 2.75) is 0 Å². The summed E-state index contributed by atoms with van der Waals surface area (Å²) in [4.78, 5) is 0.960. The van der Waals surface area contributed by atoms with Crippen LogP contribution < -0.4 is 5.73 Å². The van der Waals surface area contributed by atoms with E-state index < -0.39 is 0 Å². The fourth-order valence-corrected chi connectivity index (χ4v) is 2.85. The summed E-state index contributed by atoms with van der Waals surface area (Å²) in [6.45, 7) is 0. The van der Waals surface area contributed by atoms with Gasteiger partial charge in [-0.05, 0) is 33.4 Å². The molecule has 0 bridgehead atoms. The molecule has 1 nitrogen and oxygen atoms in total. The summed E-state index contributed by atoms with van der Waals surface area (Å²) in [6.07, 6.45) is 0. The van der Waals surface area contributed by atoms with Crippen LogP contribution in [0.5, 0.6) is 0 Å². The summed E-state index contributed by atoms with van der Waals surface area (Å²) in [5.41, 5.74) is 6.60. The van der Waals surface area contributed by atoms with E-state index in [4.69, 9.17) is 5.73 Å². The maximum Gasteiger partial charge on any atom is 0.146 e. The Kier molecular flexibility index (Phi) is 2.56. The third-order valence-corrected chi connectivity index (χ3v) is 3.79. The van der Waals surface area contributed by atoms with Crippen LogP contribution in [0, 0.1) is 5.82 Å². The Labute approximate surface area is 93.5 Å². The van der Waals surface area contributed by atoms with E-state index in [1.54, 1.807) is 6.07 Å². The molecule has 0 aliphatic rings. The van der Waals surface area contributed by atoms with E-state index in [0.717, 1.165) is 14.9 Å². The molecular formula is C10H7BrFNS. The van der Waals surface area contributed by atoms with Crippen molar-refractivity contribution in [3.63, 3.8) is 0 Å². The van der Waals surface area contributed by atoms with Crippen molar-refractivity contribution in [2.24, 2.45) is 0 Å². The number of benzene rings is 1. The van der Waals surface area contributed by atoms with E-state index in [-0.39, 0.29) is 11.5 Å². The molecule has 72 valence electrons. The normalized spacial score (nSPS) is 10.4. The van der Waals surface area contributed by atoms with Crippen molar-refractivity contribution in [3.05, 3.63) is 39.9 Å². The zero-order valence-electron chi connectivity index (χ0n) is 7.13. The van der Waals surface area contributed by atoms with Gasteiger partial charge in [-0.15, -0.1) is 11.3 Å². The summed E-state index contributed by atoms with van der Waals surface area (Å²) in [5.74, 6) is -0.372. The molecule has 0 saturated heterocycles. The van der Waals surface area contributed by atoms with Crippen LogP contribution in [-0.2, 0) is 0 Å². The smallest absolute Gasteiger partial charge is 0.146 e. The van der Waals surface area contributed by atoms with Crippen LogP contribution >= 0.6 is 27.3 Å². The Balaban J connectivity index is 2.63. The van der Waals surface area contributed by atoms with Gasteiger partial charge >= 0.3 is 0 Å². The van der Waals surface area contributed by atoms with Gasteiger partial charge in [-0.1, -0.05) is 12.1 Å². The molecule has 0 spiro atoms. The molecule has 0 aliphatic heterocycles. The third kappa shape index (κ3) is 1.55. The summed E-state index contributed by atoms with van der Waals surface area (Å²) in [7, 11) is 0. The number of halogens is 2. The van der Waals surface area contributed by atoms with Crippen molar-refractivity contribution in [1.29, 1.82) is 0 Å². The molecule has 1 aromatic carbocycles. The van der Waals surface area contributed by atoms with Gasteiger partial charge in [0.15, 0.2) is 0 Å². The molecule has 2 N–H and O–H groups in total. The van der Waals surface area contributed by atoms with Gasteiger partial charge in [0.2, 0.25) is 0 Å². The third-order valence-electron chi connectivity index (χ3n) is 1.91. The highest BCUT2D eigenvalue weighted by Crippen LogP contribution is 2.37. The zero-order valence-corrected chi connectivity index (χ0v) is 9.53. The van der Waals surface area contributed by atoms with E-state index in [2.05, 4.69) is 15.9 Å². The summed E-state index contributed by atoms with van der Waals surface area (Å²) >= 11 is 4.93. The van der Waals surface area contributed by atoms with Gasteiger partial charge < -0.3 is 5.73 Å². The minimum absolute atomic E-state index is 0.204. The largest absolute Gasteiger partial charge is 0.396 e. The highest BCUT2D eigenvalue weighted by Gasteiger charge is 2.10. The number of hydrogen-bond acceptors (Lipinski definition) is 2. The molecule has 0 amide bonds. The van der Waals surface area contributed by atoms with Gasteiger partial charge in [-0.2, -0.15) is 0 Å². The summed E-state index contributed by atoms with van der Waals surface area (Å²) in [6, 6.07) is 6.76. The minimum atomic E-state index is -0.372. The first kappa shape index (κ1) is 9.68. The van der Waals surface area contributed by atoms with Gasteiger partial charge in [0.05, 0.1) is 10.6 Å². The average molecular weight is 272 g/mol. The molecule has 0 unspecified atom stereocenters. The maximum absolute atomic E-state index is 13.2. The van der Waals surface area contributed by atoms with E-state index in [1.807, 2.05) is 17.5 Å². The molecule has 1 aromatic heterocycles. The van der Waals surface area contributed by atoms with Crippen molar-refractivity contribution < 1.29 is 4.39 Å². The average Bonchev–Trinajstić information content (AvgIpc) is 2.57.